The summed E-state index contributed by atoms with van der Waals surface area (Å²) in [7, 11) is 0. The van der Waals surface area contributed by atoms with Crippen LogP contribution in [0.3, 0.4) is 0 Å². The average molecular weight is 358 g/mol. The van der Waals surface area contributed by atoms with Crippen molar-refractivity contribution in [3.63, 3.8) is 0 Å². The molecule has 2 heterocycles. The third kappa shape index (κ3) is 3.95. The molecule has 0 radical (unpaired) electrons. The molecule has 0 unspecified atom stereocenters. The molecular weight excluding hydrogens is 340 g/mol. The molecule has 0 bridgehead atoms. The normalized spacial score (nSPS) is 10.7. The Morgan fingerprint density at radius 3 is 2.70 bits per heavy atom. The number of rotatable bonds is 6. The summed E-state index contributed by atoms with van der Waals surface area (Å²) in [5.74, 6) is 1.14. The van der Waals surface area contributed by atoms with Crippen molar-refractivity contribution in [2.75, 3.05) is 0 Å². The summed E-state index contributed by atoms with van der Waals surface area (Å²) < 4.78 is 7.63. The maximum absolute atomic E-state index is 12.5. The molecule has 4 rings (SSSR count). The zero-order valence-electron chi connectivity index (χ0n) is 14.6. The first kappa shape index (κ1) is 16.8. The van der Waals surface area contributed by atoms with E-state index in [4.69, 9.17) is 4.74 Å². The molecule has 27 heavy (non-hydrogen) atoms. The van der Waals surface area contributed by atoms with Gasteiger partial charge in [-0.3, -0.25) is 9.20 Å². The molecule has 0 fully saturated rings. The largest absolute Gasteiger partial charge is 0.489 e. The number of carbonyl (C=O) groups is 1. The number of nitrogens with zero attached hydrogens (tertiary/aromatic N) is 3. The van der Waals surface area contributed by atoms with E-state index in [9.17, 15) is 4.79 Å². The quantitative estimate of drug-likeness (QED) is 0.574. The molecule has 0 saturated carbocycles. The van der Waals surface area contributed by atoms with E-state index in [-0.39, 0.29) is 5.91 Å². The number of aromatic nitrogens is 3. The van der Waals surface area contributed by atoms with Gasteiger partial charge in [-0.05, 0) is 35.9 Å². The van der Waals surface area contributed by atoms with E-state index in [0.717, 1.165) is 11.2 Å². The lowest BCUT2D eigenvalue weighted by atomic mass is 10.2. The van der Waals surface area contributed by atoms with Crippen molar-refractivity contribution in [1.29, 1.82) is 0 Å². The minimum atomic E-state index is -0.187. The summed E-state index contributed by atoms with van der Waals surface area (Å²) in [6, 6.07) is 22.7. The Hall–Kier alpha value is -3.67. The molecule has 0 saturated heterocycles. The number of amides is 1. The second-order valence-electron chi connectivity index (χ2n) is 6.03. The topological polar surface area (TPSA) is 68.5 Å². The molecule has 2 aromatic heterocycles. The Labute approximate surface area is 156 Å². The van der Waals surface area contributed by atoms with Crippen LogP contribution in [0.25, 0.3) is 5.65 Å². The van der Waals surface area contributed by atoms with Crippen LogP contribution in [0.2, 0.25) is 0 Å². The van der Waals surface area contributed by atoms with Crippen LogP contribution in [-0.4, -0.2) is 20.5 Å². The maximum Gasteiger partial charge on any atom is 0.251 e. The zero-order chi connectivity index (χ0) is 18.5. The van der Waals surface area contributed by atoms with Crippen LogP contribution in [0.1, 0.15) is 21.7 Å². The highest BCUT2D eigenvalue weighted by molar-refractivity contribution is 5.94. The van der Waals surface area contributed by atoms with Gasteiger partial charge in [0.2, 0.25) is 0 Å². The van der Waals surface area contributed by atoms with E-state index in [1.165, 1.54) is 0 Å². The first-order valence-electron chi connectivity index (χ1n) is 8.63. The fourth-order valence-electron chi connectivity index (χ4n) is 2.74. The van der Waals surface area contributed by atoms with Gasteiger partial charge in [0.1, 0.15) is 12.4 Å². The van der Waals surface area contributed by atoms with Crippen LogP contribution in [-0.2, 0) is 13.2 Å². The van der Waals surface area contributed by atoms with Crippen LogP contribution in [0.15, 0.2) is 79.0 Å². The van der Waals surface area contributed by atoms with Crippen molar-refractivity contribution in [2.24, 2.45) is 0 Å². The van der Waals surface area contributed by atoms with Crippen LogP contribution in [0.5, 0.6) is 5.75 Å². The van der Waals surface area contributed by atoms with Crippen molar-refractivity contribution in [1.82, 2.24) is 19.9 Å². The smallest absolute Gasteiger partial charge is 0.251 e. The fourth-order valence-corrected chi connectivity index (χ4v) is 2.74. The summed E-state index contributed by atoms with van der Waals surface area (Å²) in [4.78, 5) is 12.5. The molecule has 0 atom stereocenters. The Morgan fingerprint density at radius 1 is 0.963 bits per heavy atom. The molecule has 0 aliphatic carbocycles. The third-order valence-corrected chi connectivity index (χ3v) is 4.14. The van der Waals surface area contributed by atoms with Gasteiger partial charge in [-0.25, -0.2) is 0 Å². The van der Waals surface area contributed by atoms with Gasteiger partial charge < -0.3 is 10.1 Å². The summed E-state index contributed by atoms with van der Waals surface area (Å²) >= 11 is 0. The number of pyridine rings is 1. The van der Waals surface area contributed by atoms with Crippen molar-refractivity contribution < 1.29 is 9.53 Å². The summed E-state index contributed by atoms with van der Waals surface area (Å²) in [6.45, 7) is 0.747. The summed E-state index contributed by atoms with van der Waals surface area (Å²) in [5, 5.41) is 11.1. The number of hydrogen-bond donors (Lipinski definition) is 1. The van der Waals surface area contributed by atoms with E-state index < -0.39 is 0 Å². The van der Waals surface area contributed by atoms with Gasteiger partial charge in [0.25, 0.3) is 5.91 Å². The predicted molar refractivity (Wildman–Crippen MR) is 101 cm³/mol. The van der Waals surface area contributed by atoms with Gasteiger partial charge >= 0.3 is 0 Å². The monoisotopic (exact) mass is 358 g/mol. The zero-order valence-corrected chi connectivity index (χ0v) is 14.6. The molecule has 2 aromatic carbocycles. The molecule has 1 amide bonds. The van der Waals surface area contributed by atoms with Crippen molar-refractivity contribution in [3.05, 3.63) is 95.9 Å². The predicted octanol–water partition coefficient (Wildman–Crippen LogP) is 3.24. The van der Waals surface area contributed by atoms with Crippen molar-refractivity contribution in [2.45, 2.75) is 13.2 Å². The highest BCUT2D eigenvalue weighted by atomic mass is 16.5. The van der Waals surface area contributed by atoms with Crippen LogP contribution in [0.4, 0.5) is 0 Å². The van der Waals surface area contributed by atoms with E-state index >= 15 is 0 Å². The second kappa shape index (κ2) is 7.70. The van der Waals surface area contributed by atoms with Gasteiger partial charge in [0.05, 0.1) is 6.54 Å². The number of hydrogen-bond acceptors (Lipinski definition) is 4. The minimum absolute atomic E-state index is 0.187. The Morgan fingerprint density at radius 2 is 1.81 bits per heavy atom. The number of carbonyl (C=O) groups excluding carboxylic acids is 1. The van der Waals surface area contributed by atoms with Gasteiger partial charge in [0.15, 0.2) is 11.5 Å². The van der Waals surface area contributed by atoms with Gasteiger partial charge in [-0.2, -0.15) is 0 Å². The average Bonchev–Trinajstić information content (AvgIpc) is 3.15. The summed E-state index contributed by atoms with van der Waals surface area (Å²) in [5.41, 5.74) is 2.36. The van der Waals surface area contributed by atoms with E-state index in [2.05, 4.69) is 15.5 Å². The standard InChI is InChI=1S/C21H18N4O2/c26-21(22-14-20-24-23-19-11-4-5-12-25(19)20)17-9-6-10-18(13-17)27-15-16-7-2-1-3-8-16/h1-13H,14-15H2,(H,22,26). The fraction of sp³-hybridized carbons (Fsp3) is 0.0952. The molecule has 0 aliphatic rings. The molecular formula is C21H18N4O2. The minimum Gasteiger partial charge on any atom is -0.489 e. The maximum atomic E-state index is 12.5. The molecule has 0 spiro atoms. The van der Waals surface area contributed by atoms with Crippen molar-refractivity contribution >= 4 is 11.6 Å². The van der Waals surface area contributed by atoms with Crippen LogP contribution >= 0.6 is 0 Å². The number of benzene rings is 2. The molecule has 1 N–H and O–H groups in total. The number of fused-ring (bicyclic) bond motifs is 1. The Balaban J connectivity index is 1.40. The molecule has 134 valence electrons. The Bertz CT molecular complexity index is 1060. The van der Waals surface area contributed by atoms with Gasteiger partial charge in [0, 0.05) is 11.8 Å². The lowest BCUT2D eigenvalue weighted by molar-refractivity contribution is 0.0949. The number of nitrogens with one attached hydrogen (secondary N) is 1. The van der Waals surface area contributed by atoms with Crippen LogP contribution < -0.4 is 10.1 Å². The molecule has 6 heteroatoms. The molecule has 4 aromatic rings. The molecule has 0 aliphatic heterocycles. The SMILES string of the molecule is O=C(NCc1nnc2ccccn12)c1cccc(OCc2ccccc2)c1. The van der Waals surface area contributed by atoms with E-state index in [0.29, 0.717) is 30.3 Å². The first-order valence-corrected chi connectivity index (χ1v) is 8.63. The third-order valence-electron chi connectivity index (χ3n) is 4.14. The van der Waals surface area contributed by atoms with Gasteiger partial charge in [-0.1, -0.05) is 42.5 Å². The van der Waals surface area contributed by atoms with Crippen LogP contribution in [0, 0.1) is 0 Å². The second-order valence-corrected chi connectivity index (χ2v) is 6.03. The summed E-state index contributed by atoms with van der Waals surface area (Å²) in [6.07, 6.45) is 1.87. The van der Waals surface area contributed by atoms with E-state index in [1.54, 1.807) is 12.1 Å². The highest BCUT2D eigenvalue weighted by Gasteiger charge is 2.10. The lowest BCUT2D eigenvalue weighted by Gasteiger charge is -2.09. The lowest BCUT2D eigenvalue weighted by Crippen LogP contribution is -2.24. The first-order chi connectivity index (χ1) is 13.3. The van der Waals surface area contributed by atoms with E-state index in [1.807, 2.05) is 71.3 Å². The Kier molecular flexibility index (Phi) is 4.78. The van der Waals surface area contributed by atoms with Gasteiger partial charge in [-0.15, -0.1) is 10.2 Å². The molecule has 6 nitrogen and oxygen atoms in total. The number of ether oxygens (including phenoxy) is 1. The highest BCUT2D eigenvalue weighted by Crippen LogP contribution is 2.15. The van der Waals surface area contributed by atoms with Crippen molar-refractivity contribution in [3.8, 4) is 5.75 Å².